The summed E-state index contributed by atoms with van der Waals surface area (Å²) in [5, 5.41) is 0. The van der Waals surface area contributed by atoms with Crippen LogP contribution in [-0.4, -0.2) is 15.3 Å². The number of rotatable bonds is 4. The summed E-state index contributed by atoms with van der Waals surface area (Å²) in [4.78, 5) is 15.5. The molecular formula is C36H72OS. The van der Waals surface area contributed by atoms with E-state index in [0.717, 1.165) is 0 Å². The number of thioether (sulfide) groups is 1. The van der Waals surface area contributed by atoms with Gasteiger partial charge in [0, 0.05) is 14.9 Å². The molecule has 0 aromatic rings. The van der Waals surface area contributed by atoms with Gasteiger partial charge < -0.3 is 0 Å². The topological polar surface area (TPSA) is 17.1 Å². The Morgan fingerprint density at radius 3 is 0.684 bits per heavy atom. The van der Waals surface area contributed by atoms with Gasteiger partial charge in [0.25, 0.3) is 0 Å². The Bertz CT molecular complexity index is 767. The maximum atomic E-state index is 15.5. The standard InChI is InChI=1S/C36H72OS/c1-26(2,3)25(37)34(27(4,5)6,28(7,8)9)36(32(19,20)21,33(22,23)24)38-35(29(10,11)12,30(13,14)15)31(16,17)18/h1-24H3. The molecule has 0 fully saturated rings. The highest BCUT2D eigenvalue weighted by molar-refractivity contribution is 8.02. The molecule has 2 heteroatoms. The van der Waals surface area contributed by atoms with Crippen LogP contribution in [0.1, 0.15) is 166 Å². The lowest BCUT2D eigenvalue weighted by atomic mass is 9.37. The average molecular weight is 553 g/mol. The van der Waals surface area contributed by atoms with Crippen molar-refractivity contribution in [3.63, 3.8) is 0 Å². The van der Waals surface area contributed by atoms with Crippen LogP contribution in [0.4, 0.5) is 0 Å². The lowest BCUT2D eigenvalue weighted by Crippen LogP contribution is -2.77. The van der Waals surface area contributed by atoms with Crippen molar-refractivity contribution in [2.24, 2.45) is 48.7 Å². The molecule has 228 valence electrons. The molecular weight excluding hydrogens is 480 g/mol. The van der Waals surface area contributed by atoms with E-state index in [0.29, 0.717) is 5.78 Å². The molecule has 1 nitrogen and oxygen atoms in total. The molecule has 0 N–H and O–H groups in total. The fourth-order valence-corrected chi connectivity index (χ4v) is 13.1. The van der Waals surface area contributed by atoms with E-state index >= 15 is 4.79 Å². The van der Waals surface area contributed by atoms with Gasteiger partial charge in [-0.25, -0.2) is 0 Å². The van der Waals surface area contributed by atoms with E-state index in [9.17, 15) is 0 Å². The first-order valence-corrected chi connectivity index (χ1v) is 15.9. The van der Waals surface area contributed by atoms with Crippen molar-refractivity contribution in [3.8, 4) is 0 Å². The summed E-state index contributed by atoms with van der Waals surface area (Å²) < 4.78 is -0.616. The molecule has 38 heavy (non-hydrogen) atoms. The Labute approximate surface area is 246 Å². The van der Waals surface area contributed by atoms with Crippen molar-refractivity contribution in [1.29, 1.82) is 0 Å². The largest absolute Gasteiger partial charge is 0.298 e. The Hall–Kier alpha value is 0.0200. The molecule has 0 aliphatic carbocycles. The monoisotopic (exact) mass is 553 g/mol. The van der Waals surface area contributed by atoms with Crippen LogP contribution in [0.2, 0.25) is 0 Å². The van der Waals surface area contributed by atoms with Crippen molar-refractivity contribution in [1.82, 2.24) is 0 Å². The molecule has 0 unspecified atom stereocenters. The zero-order valence-electron chi connectivity index (χ0n) is 30.8. The SMILES string of the molecule is CC(C)(C)C(=O)C(C(C)(C)C)(C(C)(C)C)C(SC(C(C)(C)C)(C(C)(C)C)C(C)(C)C)(C(C)(C)C)C(C)(C)C. The number of hydrogen-bond acceptors (Lipinski definition) is 2. The normalized spacial score (nSPS) is 16.6. The lowest BCUT2D eigenvalue weighted by Gasteiger charge is -2.75. The molecule has 0 bridgehead atoms. The van der Waals surface area contributed by atoms with Crippen molar-refractivity contribution < 1.29 is 4.79 Å². The number of Topliss-reactive ketones (excluding diaryl/α,β-unsaturated/α-hetero) is 1. The molecule has 0 saturated heterocycles. The fourth-order valence-electron chi connectivity index (χ4n) is 10.3. The van der Waals surface area contributed by atoms with Crippen molar-refractivity contribution in [2.45, 2.75) is 176 Å². The molecule has 0 radical (unpaired) electrons. The first-order valence-electron chi connectivity index (χ1n) is 15.1. The highest BCUT2D eigenvalue weighted by atomic mass is 32.2. The Morgan fingerprint density at radius 1 is 0.342 bits per heavy atom. The summed E-state index contributed by atoms with van der Waals surface area (Å²) in [5.41, 5.74) is -2.29. The summed E-state index contributed by atoms with van der Waals surface area (Å²) in [6.45, 7) is 57.0. The van der Waals surface area contributed by atoms with Crippen molar-refractivity contribution >= 4 is 17.5 Å². The van der Waals surface area contributed by atoms with Crippen LogP contribution in [0.3, 0.4) is 0 Å². The van der Waals surface area contributed by atoms with E-state index in [1.165, 1.54) is 0 Å². The molecule has 0 atom stereocenters. The third kappa shape index (κ3) is 5.45. The first kappa shape index (κ1) is 38.0. The third-order valence-electron chi connectivity index (χ3n) is 9.39. The molecule has 0 saturated carbocycles. The van der Waals surface area contributed by atoms with Crippen LogP contribution in [0.5, 0.6) is 0 Å². The van der Waals surface area contributed by atoms with Gasteiger partial charge in [-0.3, -0.25) is 4.79 Å². The lowest BCUT2D eigenvalue weighted by molar-refractivity contribution is -0.179. The van der Waals surface area contributed by atoms with Crippen LogP contribution in [0.25, 0.3) is 0 Å². The summed E-state index contributed by atoms with van der Waals surface area (Å²) in [6, 6.07) is 0. The molecule has 0 amide bonds. The highest BCUT2D eigenvalue weighted by Crippen LogP contribution is 2.79. The van der Waals surface area contributed by atoms with Crippen molar-refractivity contribution in [3.05, 3.63) is 0 Å². The minimum atomic E-state index is -0.667. The number of hydrogen-bond donors (Lipinski definition) is 0. The minimum Gasteiger partial charge on any atom is -0.298 e. The summed E-state index contributed by atoms with van der Waals surface area (Å²) in [7, 11) is 0. The smallest absolute Gasteiger partial charge is 0.146 e. The Morgan fingerprint density at radius 2 is 0.553 bits per heavy atom. The first-order chi connectivity index (χ1) is 15.9. The van der Waals surface area contributed by atoms with E-state index in [4.69, 9.17) is 0 Å². The molecule has 0 aliphatic rings. The van der Waals surface area contributed by atoms with Gasteiger partial charge in [0.05, 0.1) is 5.41 Å². The third-order valence-corrected chi connectivity index (χ3v) is 13.4. The van der Waals surface area contributed by atoms with E-state index < -0.39 is 15.6 Å². The summed E-state index contributed by atoms with van der Waals surface area (Å²) >= 11 is 2.20. The van der Waals surface area contributed by atoms with Crippen LogP contribution < -0.4 is 0 Å². The van der Waals surface area contributed by atoms with Crippen LogP contribution in [-0.2, 0) is 4.79 Å². The quantitative estimate of drug-likeness (QED) is 0.345. The van der Waals surface area contributed by atoms with Crippen LogP contribution >= 0.6 is 11.8 Å². The maximum absolute atomic E-state index is 15.5. The van der Waals surface area contributed by atoms with E-state index in [1.807, 2.05) is 0 Å². The molecule has 0 aromatic heterocycles. The van der Waals surface area contributed by atoms with Gasteiger partial charge in [-0.2, -0.15) is 0 Å². The predicted octanol–water partition coefficient (Wildman–Crippen LogP) is 12.1. The average Bonchev–Trinajstić information content (AvgIpc) is 2.48. The fraction of sp³-hybridized carbons (Fsp3) is 0.972. The van der Waals surface area contributed by atoms with Gasteiger partial charge in [0.2, 0.25) is 0 Å². The molecule has 0 heterocycles. The second kappa shape index (κ2) is 9.80. The molecule has 0 spiro atoms. The van der Waals surface area contributed by atoms with Crippen LogP contribution in [0.15, 0.2) is 0 Å². The van der Waals surface area contributed by atoms with Gasteiger partial charge in [0.1, 0.15) is 5.78 Å². The number of carbonyl (C=O) groups is 1. The molecule has 0 rings (SSSR count). The zero-order valence-corrected chi connectivity index (χ0v) is 31.6. The van der Waals surface area contributed by atoms with Crippen LogP contribution in [0, 0.1) is 48.7 Å². The van der Waals surface area contributed by atoms with Gasteiger partial charge in [-0.1, -0.05) is 166 Å². The van der Waals surface area contributed by atoms with Gasteiger partial charge in [-0.15, -0.1) is 11.8 Å². The van der Waals surface area contributed by atoms with E-state index in [-0.39, 0.29) is 42.7 Å². The second-order valence-corrected chi connectivity index (χ2v) is 22.0. The van der Waals surface area contributed by atoms with E-state index in [1.54, 1.807) is 0 Å². The minimum absolute atomic E-state index is 0.0395. The maximum Gasteiger partial charge on any atom is 0.146 e. The van der Waals surface area contributed by atoms with Gasteiger partial charge in [0.15, 0.2) is 0 Å². The predicted molar refractivity (Wildman–Crippen MR) is 176 cm³/mol. The number of carbonyl (C=O) groups excluding carboxylic acids is 1. The number of ketones is 1. The Balaban J connectivity index is 9.15. The molecule has 0 aromatic carbocycles. The summed E-state index contributed by atoms with van der Waals surface area (Å²) in [5.74, 6) is 0.396. The van der Waals surface area contributed by atoms with E-state index in [2.05, 4.69) is 178 Å². The zero-order chi connectivity index (χ0) is 31.8. The van der Waals surface area contributed by atoms with Crippen molar-refractivity contribution in [2.75, 3.05) is 0 Å². The summed E-state index contributed by atoms with van der Waals surface area (Å²) in [6.07, 6.45) is 0. The van der Waals surface area contributed by atoms with Gasteiger partial charge in [-0.05, 0) is 37.9 Å². The highest BCUT2D eigenvalue weighted by Gasteiger charge is 2.77. The molecule has 0 aliphatic heterocycles. The van der Waals surface area contributed by atoms with Gasteiger partial charge >= 0.3 is 0 Å². The second-order valence-electron chi connectivity index (χ2n) is 20.5. The Kier molecular flexibility index (Phi) is 9.80.